The van der Waals surface area contributed by atoms with E-state index in [4.69, 9.17) is 24.9 Å². The molecule has 12 rings (SSSR count). The van der Waals surface area contributed by atoms with Gasteiger partial charge in [0.05, 0.1) is 11.0 Å². The summed E-state index contributed by atoms with van der Waals surface area (Å²) in [5.41, 5.74) is 15.7. The molecule has 0 radical (unpaired) electrons. The van der Waals surface area contributed by atoms with Gasteiger partial charge in [-0.1, -0.05) is 152 Å². The molecule has 9 aromatic carbocycles. The smallest absolute Gasteiger partial charge is 0.164 e. The molecule has 7 heteroatoms. The monoisotopic (exact) mass is 871 g/mol. The molecule has 0 unspecified atom stereocenters. The predicted octanol–water partition coefficient (Wildman–Crippen LogP) is 14.9. The summed E-state index contributed by atoms with van der Waals surface area (Å²) in [6, 6.07) is 68.0. The van der Waals surface area contributed by atoms with Gasteiger partial charge in [0.25, 0.3) is 0 Å². The van der Waals surface area contributed by atoms with E-state index in [9.17, 15) is 0 Å². The second-order valence-electron chi connectivity index (χ2n) is 17.1. The van der Waals surface area contributed by atoms with Crippen LogP contribution in [0.4, 0.5) is 0 Å². The summed E-state index contributed by atoms with van der Waals surface area (Å²) >= 11 is 0. The zero-order valence-corrected chi connectivity index (χ0v) is 37.3. The van der Waals surface area contributed by atoms with Gasteiger partial charge in [0.15, 0.2) is 23.3 Å². The van der Waals surface area contributed by atoms with Crippen molar-refractivity contribution in [2.45, 2.75) is 13.8 Å². The largest absolute Gasteiger partial charge is 0.253 e. The van der Waals surface area contributed by atoms with E-state index >= 15 is 0 Å². The van der Waals surface area contributed by atoms with Crippen molar-refractivity contribution in [3.63, 3.8) is 0 Å². The highest BCUT2D eigenvalue weighted by Gasteiger charge is 2.18. The van der Waals surface area contributed by atoms with Gasteiger partial charge in [-0.05, 0) is 122 Å². The molecule has 0 bridgehead atoms. The highest BCUT2D eigenvalue weighted by molar-refractivity contribution is 6.14. The molecule has 0 saturated carbocycles. The van der Waals surface area contributed by atoms with Gasteiger partial charge >= 0.3 is 0 Å². The van der Waals surface area contributed by atoms with Crippen LogP contribution in [-0.2, 0) is 0 Å². The van der Waals surface area contributed by atoms with Gasteiger partial charge in [-0.2, -0.15) is 0 Å². The van der Waals surface area contributed by atoms with Crippen LogP contribution in [0.25, 0.3) is 123 Å². The average Bonchev–Trinajstić information content (AvgIpc) is 3.41. The van der Waals surface area contributed by atoms with Crippen molar-refractivity contribution >= 4 is 32.6 Å². The number of fused-ring (bicyclic) bond motifs is 4. The molecule has 0 aliphatic carbocycles. The first-order chi connectivity index (χ1) is 33.5. The van der Waals surface area contributed by atoms with Crippen LogP contribution in [0.2, 0.25) is 0 Å². The third-order valence-electron chi connectivity index (χ3n) is 12.8. The van der Waals surface area contributed by atoms with E-state index < -0.39 is 0 Å². The van der Waals surface area contributed by atoms with Crippen LogP contribution in [-0.4, -0.2) is 34.9 Å². The maximum absolute atomic E-state index is 5.34. The second kappa shape index (κ2) is 17.1. The van der Waals surface area contributed by atoms with E-state index in [1.54, 1.807) is 12.4 Å². The number of para-hydroxylation sites is 1. The average molecular weight is 872 g/mol. The summed E-state index contributed by atoms with van der Waals surface area (Å²) in [4.78, 5) is 34.7. The molecule has 0 atom stereocenters. The molecule has 0 aliphatic rings. The van der Waals surface area contributed by atoms with Crippen LogP contribution in [0.3, 0.4) is 0 Å². The number of aryl methyl sites for hydroxylation is 2. The fraction of sp³-hybridized carbons (Fsp3) is 0.0328. The molecule has 0 N–H and O–H groups in total. The number of aromatic nitrogens is 7. The third kappa shape index (κ3) is 7.61. The Kier molecular flexibility index (Phi) is 10.1. The fourth-order valence-corrected chi connectivity index (χ4v) is 9.13. The van der Waals surface area contributed by atoms with Gasteiger partial charge in [0, 0.05) is 52.1 Å². The maximum Gasteiger partial charge on any atom is 0.164 e. The Morgan fingerprint density at radius 1 is 0.309 bits per heavy atom. The zero-order chi connectivity index (χ0) is 45.6. The number of rotatable bonds is 8. The van der Waals surface area contributed by atoms with Gasteiger partial charge in [0.2, 0.25) is 0 Å². The minimum Gasteiger partial charge on any atom is -0.253 e. The lowest BCUT2D eigenvalue weighted by Gasteiger charge is -2.15. The molecule has 3 aromatic heterocycles. The number of hydrogen-bond acceptors (Lipinski definition) is 7. The van der Waals surface area contributed by atoms with Crippen molar-refractivity contribution in [3.05, 3.63) is 224 Å². The standard InChI is InChI=1S/C61H41N7/c1-38-37-64-58(65-39(38)2)46-18-11-17-44(32-46)48-33-49(55-36-45-15-6-7-20-51(45)53-21-8-9-22-54(53)55)35-50(34-48)61-67-59(66-60(68-61)47-19-10-16-43(31-47)40-13-4-3-5-14-40)42-27-25-41(26-28-42)52-23-12-24-56-57(52)63-30-29-62-56/h3-37H,1-2H3. The van der Waals surface area contributed by atoms with E-state index in [1.165, 1.54) is 21.5 Å². The molecule has 68 heavy (non-hydrogen) atoms. The number of nitrogens with zero attached hydrogens (tertiary/aromatic N) is 7. The van der Waals surface area contributed by atoms with Crippen molar-refractivity contribution in [2.75, 3.05) is 0 Å². The molecule has 0 amide bonds. The predicted molar refractivity (Wildman–Crippen MR) is 276 cm³/mol. The van der Waals surface area contributed by atoms with E-state index in [0.29, 0.717) is 23.3 Å². The third-order valence-corrected chi connectivity index (χ3v) is 12.8. The van der Waals surface area contributed by atoms with E-state index in [0.717, 1.165) is 89.1 Å². The Morgan fingerprint density at radius 2 is 0.868 bits per heavy atom. The normalized spacial score (nSPS) is 11.4. The summed E-state index contributed by atoms with van der Waals surface area (Å²) < 4.78 is 0. The Bertz CT molecular complexity index is 3880. The molecule has 12 aromatic rings. The SMILES string of the molecule is Cc1cnc(-c2cccc(-c3cc(-c4nc(-c5ccc(-c6cccc7nccnc67)cc5)nc(-c5cccc(-c6ccccc6)c5)n4)cc(-c4cc5ccccc5c5ccccc45)c3)c2)nc1C. The van der Waals surface area contributed by atoms with Crippen molar-refractivity contribution in [3.8, 4) is 90.1 Å². The lowest BCUT2D eigenvalue weighted by atomic mass is 9.90. The van der Waals surface area contributed by atoms with Gasteiger partial charge in [0.1, 0.15) is 0 Å². The second-order valence-corrected chi connectivity index (χ2v) is 17.1. The van der Waals surface area contributed by atoms with Gasteiger partial charge in [-0.3, -0.25) is 9.97 Å². The summed E-state index contributed by atoms with van der Waals surface area (Å²) in [5.74, 6) is 2.39. The summed E-state index contributed by atoms with van der Waals surface area (Å²) in [6.07, 6.45) is 5.35. The van der Waals surface area contributed by atoms with E-state index in [-0.39, 0.29) is 0 Å². The lowest BCUT2D eigenvalue weighted by molar-refractivity contribution is 1.07. The summed E-state index contributed by atoms with van der Waals surface area (Å²) in [5, 5.41) is 4.75. The Hall–Kier alpha value is -9.07. The molecule has 3 heterocycles. The Morgan fingerprint density at radius 3 is 1.65 bits per heavy atom. The van der Waals surface area contributed by atoms with Crippen LogP contribution in [0, 0.1) is 13.8 Å². The van der Waals surface area contributed by atoms with Crippen molar-refractivity contribution in [1.82, 2.24) is 34.9 Å². The fourth-order valence-electron chi connectivity index (χ4n) is 9.13. The van der Waals surface area contributed by atoms with Crippen LogP contribution < -0.4 is 0 Å². The molecule has 7 nitrogen and oxygen atoms in total. The van der Waals surface area contributed by atoms with Gasteiger partial charge in [-0.25, -0.2) is 24.9 Å². The van der Waals surface area contributed by atoms with Crippen LogP contribution in [0.5, 0.6) is 0 Å². The molecule has 0 spiro atoms. The van der Waals surface area contributed by atoms with Crippen molar-refractivity contribution in [2.24, 2.45) is 0 Å². The van der Waals surface area contributed by atoms with E-state index in [2.05, 4.69) is 186 Å². The number of hydrogen-bond donors (Lipinski definition) is 0. The first-order valence-electron chi connectivity index (χ1n) is 22.7. The first kappa shape index (κ1) is 40.4. The minimum absolute atomic E-state index is 0.561. The molecule has 0 saturated heterocycles. The molecule has 0 aliphatic heterocycles. The van der Waals surface area contributed by atoms with E-state index in [1.807, 2.05) is 38.2 Å². The van der Waals surface area contributed by atoms with Crippen LogP contribution in [0.1, 0.15) is 11.3 Å². The number of benzene rings is 9. The topological polar surface area (TPSA) is 90.2 Å². The summed E-state index contributed by atoms with van der Waals surface area (Å²) in [7, 11) is 0. The van der Waals surface area contributed by atoms with Gasteiger partial charge in [-0.15, -0.1) is 0 Å². The Labute approximate surface area is 393 Å². The molecule has 0 fully saturated rings. The molecule has 320 valence electrons. The minimum atomic E-state index is 0.561. The summed E-state index contributed by atoms with van der Waals surface area (Å²) in [6.45, 7) is 4.06. The van der Waals surface area contributed by atoms with Gasteiger partial charge < -0.3 is 0 Å². The molecular formula is C61H41N7. The zero-order valence-electron chi connectivity index (χ0n) is 37.3. The highest BCUT2D eigenvalue weighted by Crippen LogP contribution is 2.40. The van der Waals surface area contributed by atoms with Crippen LogP contribution >= 0.6 is 0 Å². The van der Waals surface area contributed by atoms with Crippen molar-refractivity contribution < 1.29 is 0 Å². The Balaban J connectivity index is 1.07. The van der Waals surface area contributed by atoms with Crippen molar-refractivity contribution in [1.29, 1.82) is 0 Å². The van der Waals surface area contributed by atoms with Crippen LogP contribution in [0.15, 0.2) is 213 Å². The quantitative estimate of drug-likeness (QED) is 0.140. The maximum atomic E-state index is 5.34. The first-order valence-corrected chi connectivity index (χ1v) is 22.7. The molecular weight excluding hydrogens is 831 g/mol. The lowest BCUT2D eigenvalue weighted by Crippen LogP contribution is -2.01. The highest BCUT2D eigenvalue weighted by atomic mass is 15.0.